The van der Waals surface area contributed by atoms with Crippen LogP contribution in [0, 0.1) is 6.92 Å². The lowest BCUT2D eigenvalue weighted by Crippen LogP contribution is -2.23. The van der Waals surface area contributed by atoms with Crippen molar-refractivity contribution in [1.82, 2.24) is 9.55 Å². The molecule has 0 atom stereocenters. The van der Waals surface area contributed by atoms with Gasteiger partial charge in [0.1, 0.15) is 11.6 Å². The van der Waals surface area contributed by atoms with Gasteiger partial charge < -0.3 is 10.5 Å². The van der Waals surface area contributed by atoms with Crippen molar-refractivity contribution in [3.63, 3.8) is 0 Å². The minimum Gasteiger partial charge on any atom is -0.484 e. The van der Waals surface area contributed by atoms with Crippen molar-refractivity contribution in [2.75, 3.05) is 6.61 Å². The summed E-state index contributed by atoms with van der Waals surface area (Å²) in [5.41, 5.74) is 5.99. The van der Waals surface area contributed by atoms with E-state index in [2.05, 4.69) is 4.98 Å². The Morgan fingerprint density at radius 2 is 2.08 bits per heavy atom. The number of fused-ring (bicyclic) bond motifs is 1. The predicted octanol–water partition coefficient (Wildman–Crippen LogP) is 2.21. The molecule has 122 valence electrons. The van der Waals surface area contributed by atoms with Crippen LogP contribution in [0.2, 0.25) is 5.02 Å². The number of halogens is 1. The molecule has 0 radical (unpaired) electrons. The third-order valence-electron chi connectivity index (χ3n) is 3.45. The molecule has 2 aromatic carbocycles. The van der Waals surface area contributed by atoms with Crippen LogP contribution < -0.4 is 16.0 Å². The summed E-state index contributed by atoms with van der Waals surface area (Å²) in [5, 5.41) is 0.903. The molecular formula is C17H14ClN3O3. The maximum atomic E-state index is 12.9. The number of nitrogens with zero attached hydrogens (tertiary/aromatic N) is 2. The monoisotopic (exact) mass is 343 g/mol. The van der Waals surface area contributed by atoms with Gasteiger partial charge in [-0.15, -0.1) is 0 Å². The molecule has 0 spiro atoms. The average Bonchev–Trinajstić information content (AvgIpc) is 2.53. The van der Waals surface area contributed by atoms with E-state index in [1.54, 1.807) is 49.4 Å². The zero-order valence-electron chi connectivity index (χ0n) is 12.8. The topological polar surface area (TPSA) is 87.2 Å². The van der Waals surface area contributed by atoms with Crippen LogP contribution in [-0.2, 0) is 4.79 Å². The van der Waals surface area contributed by atoms with Crippen LogP contribution in [0.5, 0.6) is 5.75 Å². The van der Waals surface area contributed by atoms with Gasteiger partial charge in [-0.05, 0) is 43.3 Å². The van der Waals surface area contributed by atoms with Crippen LogP contribution in [0.3, 0.4) is 0 Å². The van der Waals surface area contributed by atoms with Crippen LogP contribution in [0.1, 0.15) is 5.82 Å². The van der Waals surface area contributed by atoms with Crippen LogP contribution in [0.25, 0.3) is 16.6 Å². The van der Waals surface area contributed by atoms with E-state index >= 15 is 0 Å². The van der Waals surface area contributed by atoms with E-state index in [4.69, 9.17) is 22.1 Å². The van der Waals surface area contributed by atoms with E-state index in [1.165, 1.54) is 4.57 Å². The van der Waals surface area contributed by atoms with E-state index < -0.39 is 5.91 Å². The second kappa shape index (κ2) is 6.33. The fraction of sp³-hybridized carbons (Fsp3) is 0.118. The first-order valence-corrected chi connectivity index (χ1v) is 7.54. The van der Waals surface area contributed by atoms with Gasteiger partial charge in [-0.2, -0.15) is 0 Å². The summed E-state index contributed by atoms with van der Waals surface area (Å²) in [6.45, 7) is 1.49. The molecule has 3 rings (SSSR count). The number of carbonyl (C=O) groups excluding carboxylic acids is 1. The number of carbonyl (C=O) groups is 1. The lowest BCUT2D eigenvalue weighted by Gasteiger charge is -2.12. The Morgan fingerprint density at radius 1 is 1.29 bits per heavy atom. The highest BCUT2D eigenvalue weighted by Gasteiger charge is 2.11. The number of ether oxygens (including phenoxy) is 1. The molecule has 1 heterocycles. The molecule has 1 aromatic heterocycles. The summed E-state index contributed by atoms with van der Waals surface area (Å²) in [4.78, 5) is 28.2. The predicted molar refractivity (Wildman–Crippen MR) is 91.8 cm³/mol. The minimum absolute atomic E-state index is 0.246. The highest BCUT2D eigenvalue weighted by molar-refractivity contribution is 6.30. The average molecular weight is 344 g/mol. The number of hydrogen-bond acceptors (Lipinski definition) is 4. The van der Waals surface area contributed by atoms with Crippen LogP contribution >= 0.6 is 11.6 Å². The number of amides is 1. The first-order chi connectivity index (χ1) is 11.5. The van der Waals surface area contributed by atoms with Gasteiger partial charge in [-0.3, -0.25) is 14.2 Å². The maximum Gasteiger partial charge on any atom is 0.266 e. The molecule has 3 aromatic rings. The van der Waals surface area contributed by atoms with Gasteiger partial charge in [-0.1, -0.05) is 17.7 Å². The Bertz CT molecular complexity index is 998. The second-order valence-electron chi connectivity index (χ2n) is 5.21. The SMILES string of the molecule is Cc1nc2ccc(OCC(N)=O)cc2c(=O)n1-c1cccc(Cl)c1. The quantitative estimate of drug-likeness (QED) is 0.786. The Morgan fingerprint density at radius 3 is 2.79 bits per heavy atom. The van der Waals surface area contributed by atoms with Gasteiger partial charge in [-0.25, -0.2) is 4.98 Å². The van der Waals surface area contributed by atoms with E-state index in [9.17, 15) is 9.59 Å². The van der Waals surface area contributed by atoms with Crippen molar-refractivity contribution in [1.29, 1.82) is 0 Å². The molecule has 6 nitrogen and oxygen atoms in total. The molecule has 0 saturated carbocycles. The number of rotatable bonds is 4. The Kier molecular flexibility index (Phi) is 4.22. The summed E-state index contributed by atoms with van der Waals surface area (Å²) in [6, 6.07) is 11.8. The van der Waals surface area contributed by atoms with Crippen molar-refractivity contribution in [3.05, 3.63) is 63.7 Å². The largest absolute Gasteiger partial charge is 0.484 e. The van der Waals surface area contributed by atoms with Gasteiger partial charge in [0.15, 0.2) is 6.61 Å². The molecule has 2 N–H and O–H groups in total. The van der Waals surface area contributed by atoms with Crippen molar-refractivity contribution < 1.29 is 9.53 Å². The second-order valence-corrected chi connectivity index (χ2v) is 5.65. The van der Waals surface area contributed by atoms with E-state index in [0.717, 1.165) is 0 Å². The molecule has 0 aliphatic carbocycles. The number of hydrogen-bond donors (Lipinski definition) is 1. The van der Waals surface area contributed by atoms with Gasteiger partial charge in [0.05, 0.1) is 16.6 Å². The molecule has 0 unspecified atom stereocenters. The van der Waals surface area contributed by atoms with Crippen LogP contribution in [-0.4, -0.2) is 22.1 Å². The first kappa shape index (κ1) is 16.0. The van der Waals surface area contributed by atoms with Gasteiger partial charge in [0.25, 0.3) is 11.5 Å². The number of aromatic nitrogens is 2. The fourth-order valence-corrected chi connectivity index (χ4v) is 2.62. The molecule has 24 heavy (non-hydrogen) atoms. The third-order valence-corrected chi connectivity index (χ3v) is 3.69. The summed E-state index contributed by atoms with van der Waals surface area (Å²) < 4.78 is 6.73. The molecular weight excluding hydrogens is 330 g/mol. The lowest BCUT2D eigenvalue weighted by atomic mass is 10.2. The molecule has 7 heteroatoms. The molecule has 0 saturated heterocycles. The van der Waals surface area contributed by atoms with E-state index in [1.807, 2.05) is 0 Å². The minimum atomic E-state index is -0.589. The molecule has 0 bridgehead atoms. The van der Waals surface area contributed by atoms with E-state index in [0.29, 0.717) is 33.2 Å². The van der Waals surface area contributed by atoms with Gasteiger partial charge in [0.2, 0.25) is 0 Å². The van der Waals surface area contributed by atoms with E-state index in [-0.39, 0.29) is 12.2 Å². The summed E-state index contributed by atoms with van der Waals surface area (Å²) in [7, 11) is 0. The fourth-order valence-electron chi connectivity index (χ4n) is 2.44. The number of nitrogens with two attached hydrogens (primary N) is 1. The summed E-state index contributed by atoms with van der Waals surface area (Å²) in [6.07, 6.45) is 0. The smallest absolute Gasteiger partial charge is 0.266 e. The zero-order valence-corrected chi connectivity index (χ0v) is 13.6. The van der Waals surface area contributed by atoms with Crippen molar-refractivity contribution in [2.45, 2.75) is 6.92 Å². The van der Waals surface area contributed by atoms with Crippen molar-refractivity contribution in [3.8, 4) is 11.4 Å². The lowest BCUT2D eigenvalue weighted by molar-refractivity contribution is -0.119. The normalized spacial score (nSPS) is 10.8. The highest BCUT2D eigenvalue weighted by atomic mass is 35.5. The third kappa shape index (κ3) is 3.09. The number of benzene rings is 2. The maximum absolute atomic E-state index is 12.9. The van der Waals surface area contributed by atoms with Crippen molar-refractivity contribution >= 4 is 28.4 Å². The van der Waals surface area contributed by atoms with Gasteiger partial charge in [0, 0.05) is 5.02 Å². The summed E-state index contributed by atoms with van der Waals surface area (Å²) in [5.74, 6) is 0.329. The molecule has 1 amide bonds. The number of primary amides is 1. The molecule has 0 fully saturated rings. The Labute approximate surface area is 142 Å². The molecule has 0 aliphatic heterocycles. The molecule has 0 aliphatic rings. The van der Waals surface area contributed by atoms with Crippen LogP contribution in [0.4, 0.5) is 0 Å². The number of aryl methyl sites for hydroxylation is 1. The standard InChI is InChI=1S/C17H14ClN3O3/c1-10-20-15-6-5-13(24-9-16(19)22)8-14(15)17(23)21(10)12-4-2-3-11(18)7-12/h2-8H,9H2,1H3,(H2,19,22). The van der Waals surface area contributed by atoms with Crippen LogP contribution in [0.15, 0.2) is 47.3 Å². The summed E-state index contributed by atoms with van der Waals surface area (Å²) >= 11 is 6.01. The highest BCUT2D eigenvalue weighted by Crippen LogP contribution is 2.20. The Hall–Kier alpha value is -2.86. The van der Waals surface area contributed by atoms with Crippen molar-refractivity contribution in [2.24, 2.45) is 5.73 Å². The Balaban J connectivity index is 2.17. The zero-order chi connectivity index (χ0) is 17.3. The first-order valence-electron chi connectivity index (χ1n) is 7.16. The van der Waals surface area contributed by atoms with Gasteiger partial charge >= 0.3 is 0 Å².